The van der Waals surface area contributed by atoms with Crippen LogP contribution in [-0.4, -0.2) is 23.9 Å². The molecule has 0 aliphatic heterocycles. The van der Waals surface area contributed by atoms with Gasteiger partial charge in [0.1, 0.15) is 0 Å². The van der Waals surface area contributed by atoms with Crippen molar-refractivity contribution in [2.75, 3.05) is 7.05 Å². The molecule has 23 heavy (non-hydrogen) atoms. The predicted octanol–water partition coefficient (Wildman–Crippen LogP) is 3.87. The van der Waals surface area contributed by atoms with Crippen molar-refractivity contribution in [2.45, 2.75) is 44.7 Å². The number of amides is 1. The average Bonchev–Trinajstić information content (AvgIpc) is 2.46. The van der Waals surface area contributed by atoms with Crippen molar-refractivity contribution >= 4 is 29.9 Å². The quantitative estimate of drug-likeness (QED) is 0.893. The molecule has 3 nitrogen and oxygen atoms in total. The van der Waals surface area contributed by atoms with Crippen LogP contribution in [0.1, 0.15) is 37.7 Å². The Kier molecular flexibility index (Phi) is 6.35. The first-order chi connectivity index (χ1) is 10.5. The molecule has 3 rings (SSSR count). The first-order valence-corrected chi connectivity index (χ1v) is 8.67. The van der Waals surface area contributed by atoms with E-state index in [4.69, 9.17) is 17.3 Å². The standard InChI is InChI=1S/C18H25ClN2O.ClH/c1-21(11-12-4-2-7-16(19)8-12)18(22)15-9-13-5-3-6-14(10-15)17(13)20;/h2,4,7-8,13-15,17H,3,5-6,9-11,20H2,1H3;1H. The van der Waals surface area contributed by atoms with Gasteiger partial charge in [0.2, 0.25) is 5.91 Å². The minimum absolute atomic E-state index is 0. The molecule has 2 aliphatic carbocycles. The van der Waals surface area contributed by atoms with Gasteiger partial charge in [0.15, 0.2) is 0 Å². The van der Waals surface area contributed by atoms with Crippen LogP contribution < -0.4 is 5.73 Å². The first-order valence-electron chi connectivity index (χ1n) is 8.29. The van der Waals surface area contributed by atoms with Gasteiger partial charge in [-0.25, -0.2) is 0 Å². The Morgan fingerprint density at radius 2 is 1.96 bits per heavy atom. The Morgan fingerprint density at radius 3 is 2.57 bits per heavy atom. The summed E-state index contributed by atoms with van der Waals surface area (Å²) in [6.45, 7) is 0.622. The smallest absolute Gasteiger partial charge is 0.225 e. The van der Waals surface area contributed by atoms with Gasteiger partial charge in [-0.3, -0.25) is 4.79 Å². The molecule has 2 atom stereocenters. The third kappa shape index (κ3) is 4.20. The highest BCUT2D eigenvalue weighted by molar-refractivity contribution is 6.30. The summed E-state index contributed by atoms with van der Waals surface area (Å²) in [4.78, 5) is 14.6. The zero-order valence-electron chi connectivity index (χ0n) is 13.6. The Bertz CT molecular complexity index is 538. The lowest BCUT2D eigenvalue weighted by atomic mass is 9.65. The van der Waals surface area contributed by atoms with Gasteiger partial charge in [0.25, 0.3) is 0 Å². The predicted molar refractivity (Wildman–Crippen MR) is 96.7 cm³/mol. The lowest BCUT2D eigenvalue weighted by Gasteiger charge is -2.44. The number of nitrogens with two attached hydrogens (primary N) is 1. The van der Waals surface area contributed by atoms with Crippen LogP contribution >= 0.6 is 24.0 Å². The summed E-state index contributed by atoms with van der Waals surface area (Å²) < 4.78 is 0. The molecule has 128 valence electrons. The second-order valence-corrected chi connectivity index (χ2v) is 7.46. The molecule has 2 fully saturated rings. The molecule has 0 radical (unpaired) electrons. The van der Waals surface area contributed by atoms with Crippen molar-refractivity contribution in [3.05, 3.63) is 34.9 Å². The van der Waals surface area contributed by atoms with Crippen molar-refractivity contribution < 1.29 is 4.79 Å². The molecule has 1 aromatic rings. The van der Waals surface area contributed by atoms with Crippen LogP contribution in [0.4, 0.5) is 0 Å². The summed E-state index contributed by atoms with van der Waals surface area (Å²) in [6.07, 6.45) is 5.61. The zero-order chi connectivity index (χ0) is 15.7. The van der Waals surface area contributed by atoms with Gasteiger partial charge in [0.05, 0.1) is 0 Å². The highest BCUT2D eigenvalue weighted by Gasteiger charge is 2.41. The number of hydrogen-bond donors (Lipinski definition) is 1. The Hall–Kier alpha value is -0.770. The number of carbonyl (C=O) groups excluding carboxylic acids is 1. The van der Waals surface area contributed by atoms with E-state index >= 15 is 0 Å². The maximum Gasteiger partial charge on any atom is 0.225 e. The van der Waals surface area contributed by atoms with E-state index in [0.717, 1.165) is 23.4 Å². The summed E-state index contributed by atoms with van der Waals surface area (Å²) in [7, 11) is 1.90. The van der Waals surface area contributed by atoms with Crippen molar-refractivity contribution in [2.24, 2.45) is 23.5 Å². The molecule has 0 spiro atoms. The van der Waals surface area contributed by atoms with E-state index in [-0.39, 0.29) is 24.2 Å². The Morgan fingerprint density at radius 1 is 1.30 bits per heavy atom. The summed E-state index contributed by atoms with van der Waals surface area (Å²) in [5.41, 5.74) is 7.40. The fourth-order valence-electron chi connectivity index (χ4n) is 4.29. The molecule has 0 aromatic heterocycles. The number of fused-ring (bicyclic) bond motifs is 2. The number of halogens is 2. The van der Waals surface area contributed by atoms with Crippen LogP contribution in [0.25, 0.3) is 0 Å². The fraction of sp³-hybridized carbons (Fsp3) is 0.611. The van der Waals surface area contributed by atoms with E-state index < -0.39 is 0 Å². The molecule has 1 amide bonds. The fourth-order valence-corrected chi connectivity index (χ4v) is 4.50. The average molecular weight is 357 g/mol. The maximum absolute atomic E-state index is 12.8. The van der Waals surface area contributed by atoms with E-state index in [1.165, 1.54) is 19.3 Å². The summed E-state index contributed by atoms with van der Waals surface area (Å²) in [5.74, 6) is 1.50. The highest BCUT2D eigenvalue weighted by Crippen LogP contribution is 2.42. The summed E-state index contributed by atoms with van der Waals surface area (Å²) in [6, 6.07) is 8.05. The first kappa shape index (κ1) is 18.6. The van der Waals surface area contributed by atoms with Gasteiger partial charge in [-0.05, 0) is 55.2 Å². The van der Waals surface area contributed by atoms with Gasteiger partial charge >= 0.3 is 0 Å². The van der Waals surface area contributed by atoms with E-state index in [2.05, 4.69) is 0 Å². The molecule has 5 heteroatoms. The molecule has 2 saturated carbocycles. The molecule has 0 heterocycles. The maximum atomic E-state index is 12.8. The molecule has 2 N–H and O–H groups in total. The van der Waals surface area contributed by atoms with Crippen LogP contribution in [-0.2, 0) is 11.3 Å². The van der Waals surface area contributed by atoms with Crippen LogP contribution in [0.5, 0.6) is 0 Å². The van der Waals surface area contributed by atoms with Crippen LogP contribution in [0.3, 0.4) is 0 Å². The number of carbonyl (C=O) groups is 1. The van der Waals surface area contributed by atoms with Gasteiger partial charge in [-0.15, -0.1) is 12.4 Å². The minimum atomic E-state index is 0. The largest absolute Gasteiger partial charge is 0.341 e. The van der Waals surface area contributed by atoms with E-state index in [9.17, 15) is 4.79 Å². The van der Waals surface area contributed by atoms with E-state index in [1.807, 2.05) is 36.2 Å². The van der Waals surface area contributed by atoms with Crippen molar-refractivity contribution in [3.63, 3.8) is 0 Å². The van der Waals surface area contributed by atoms with Crippen LogP contribution in [0.15, 0.2) is 24.3 Å². The Labute approximate surface area is 150 Å². The van der Waals surface area contributed by atoms with Gasteiger partial charge in [0, 0.05) is 30.6 Å². The number of benzene rings is 1. The zero-order valence-corrected chi connectivity index (χ0v) is 15.2. The van der Waals surface area contributed by atoms with Crippen molar-refractivity contribution in [1.29, 1.82) is 0 Å². The van der Waals surface area contributed by atoms with Crippen molar-refractivity contribution in [1.82, 2.24) is 4.90 Å². The molecule has 2 unspecified atom stereocenters. The summed E-state index contributed by atoms with van der Waals surface area (Å²) in [5, 5.41) is 0.719. The van der Waals surface area contributed by atoms with Gasteiger partial charge in [-0.2, -0.15) is 0 Å². The third-order valence-corrected chi connectivity index (χ3v) is 5.68. The second-order valence-electron chi connectivity index (χ2n) is 7.02. The lowest BCUT2D eigenvalue weighted by Crippen LogP contribution is -2.49. The number of rotatable bonds is 3. The third-order valence-electron chi connectivity index (χ3n) is 5.45. The SMILES string of the molecule is CN(Cc1cccc(Cl)c1)C(=O)C1CC2CCCC(C1)C2N.Cl. The number of hydrogen-bond acceptors (Lipinski definition) is 2. The van der Waals surface area contributed by atoms with Gasteiger partial charge < -0.3 is 10.6 Å². The lowest BCUT2D eigenvalue weighted by molar-refractivity contribution is -0.137. The van der Waals surface area contributed by atoms with Crippen molar-refractivity contribution in [3.8, 4) is 0 Å². The molecule has 2 bridgehead atoms. The molecule has 1 aromatic carbocycles. The molecular formula is C18H26Cl2N2O. The van der Waals surface area contributed by atoms with Crippen LogP contribution in [0, 0.1) is 17.8 Å². The number of nitrogens with zero attached hydrogens (tertiary/aromatic N) is 1. The normalized spacial score (nSPS) is 29.5. The van der Waals surface area contributed by atoms with Gasteiger partial charge in [-0.1, -0.05) is 30.2 Å². The summed E-state index contributed by atoms with van der Waals surface area (Å²) >= 11 is 6.02. The minimum Gasteiger partial charge on any atom is -0.341 e. The van der Waals surface area contributed by atoms with E-state index in [0.29, 0.717) is 24.4 Å². The van der Waals surface area contributed by atoms with E-state index in [1.54, 1.807) is 0 Å². The molecule has 2 aliphatic rings. The highest BCUT2D eigenvalue weighted by atomic mass is 35.5. The van der Waals surface area contributed by atoms with Crippen LogP contribution in [0.2, 0.25) is 5.02 Å². The second kappa shape index (κ2) is 7.87. The Balaban J connectivity index is 0.00000192. The molecular weight excluding hydrogens is 331 g/mol. The monoisotopic (exact) mass is 356 g/mol. The molecule has 0 saturated heterocycles. The topological polar surface area (TPSA) is 46.3 Å².